The van der Waals surface area contributed by atoms with Crippen molar-refractivity contribution in [2.45, 2.75) is 71.4 Å². The van der Waals surface area contributed by atoms with Crippen LogP contribution < -0.4 is 21.7 Å². The fourth-order valence-electron chi connectivity index (χ4n) is 4.20. The molecule has 0 aliphatic carbocycles. The highest BCUT2D eigenvalue weighted by Crippen LogP contribution is 2.25. The molecular formula is C33H42N4O5. The van der Waals surface area contributed by atoms with Crippen LogP contribution in [0.3, 0.4) is 0 Å². The van der Waals surface area contributed by atoms with Crippen LogP contribution >= 0.6 is 0 Å². The molecule has 0 heterocycles. The summed E-state index contributed by atoms with van der Waals surface area (Å²) < 4.78 is 11.1. The average Bonchev–Trinajstić information content (AvgIpc) is 2.90. The summed E-state index contributed by atoms with van der Waals surface area (Å²) in [6, 6.07) is 24.0. The molecule has 0 radical (unpaired) electrons. The molecule has 1 atom stereocenters. The molecule has 9 heteroatoms. The Morgan fingerprint density at radius 1 is 0.833 bits per heavy atom. The van der Waals surface area contributed by atoms with Crippen molar-refractivity contribution in [3.8, 4) is 11.1 Å². The van der Waals surface area contributed by atoms with E-state index >= 15 is 0 Å². The SMILES string of the molecule is CC(C)(CC(=O)N[C@H](COCc1ccccc1)C(=O)NCc1ccc(-c2ccccc2N)cc1)NC(=O)OC(C)(C)C. The number of nitrogens with two attached hydrogens (primary N) is 1. The molecule has 0 aliphatic heterocycles. The molecule has 0 fully saturated rings. The van der Waals surface area contributed by atoms with Gasteiger partial charge in [0.1, 0.15) is 11.6 Å². The zero-order valence-corrected chi connectivity index (χ0v) is 25.0. The van der Waals surface area contributed by atoms with Crippen LogP contribution in [0, 0.1) is 0 Å². The number of ether oxygens (including phenoxy) is 2. The number of rotatable bonds is 12. The molecule has 0 aliphatic rings. The second kappa shape index (κ2) is 14.5. The van der Waals surface area contributed by atoms with Crippen molar-refractivity contribution in [1.82, 2.24) is 16.0 Å². The predicted octanol–water partition coefficient (Wildman–Crippen LogP) is 4.95. The molecule has 3 rings (SSSR count). The maximum Gasteiger partial charge on any atom is 0.408 e. The van der Waals surface area contributed by atoms with Crippen LogP contribution in [0.15, 0.2) is 78.9 Å². The second-order valence-corrected chi connectivity index (χ2v) is 11.8. The number of alkyl carbamates (subject to hydrolysis) is 1. The predicted molar refractivity (Wildman–Crippen MR) is 164 cm³/mol. The van der Waals surface area contributed by atoms with Gasteiger partial charge in [-0.3, -0.25) is 9.59 Å². The Kier molecular flexibility index (Phi) is 11.1. The lowest BCUT2D eigenvalue weighted by molar-refractivity contribution is -0.131. The molecule has 3 aromatic rings. The number of hydrogen-bond donors (Lipinski definition) is 4. The van der Waals surface area contributed by atoms with E-state index in [9.17, 15) is 14.4 Å². The minimum absolute atomic E-state index is 0.0292. The molecule has 0 saturated carbocycles. The summed E-state index contributed by atoms with van der Waals surface area (Å²) in [7, 11) is 0. The van der Waals surface area contributed by atoms with Gasteiger partial charge in [-0.15, -0.1) is 0 Å². The zero-order chi connectivity index (χ0) is 30.8. The summed E-state index contributed by atoms with van der Waals surface area (Å²) in [6.45, 7) is 9.23. The normalized spacial score (nSPS) is 12.2. The van der Waals surface area contributed by atoms with Gasteiger partial charge in [-0.1, -0.05) is 72.8 Å². The van der Waals surface area contributed by atoms with E-state index in [1.165, 1.54) is 0 Å². The first-order valence-corrected chi connectivity index (χ1v) is 13.9. The van der Waals surface area contributed by atoms with E-state index in [1.54, 1.807) is 34.6 Å². The molecule has 0 aromatic heterocycles. The van der Waals surface area contributed by atoms with E-state index in [-0.39, 0.29) is 32.1 Å². The van der Waals surface area contributed by atoms with Gasteiger partial charge >= 0.3 is 6.09 Å². The minimum Gasteiger partial charge on any atom is -0.444 e. The van der Waals surface area contributed by atoms with Gasteiger partial charge in [0.15, 0.2) is 0 Å². The molecular weight excluding hydrogens is 532 g/mol. The van der Waals surface area contributed by atoms with Crippen LogP contribution in [-0.4, -0.2) is 41.7 Å². The highest BCUT2D eigenvalue weighted by atomic mass is 16.6. The van der Waals surface area contributed by atoms with Gasteiger partial charge in [0, 0.05) is 29.8 Å². The van der Waals surface area contributed by atoms with Gasteiger partial charge in [-0.05, 0) is 57.4 Å². The van der Waals surface area contributed by atoms with Crippen molar-refractivity contribution >= 4 is 23.6 Å². The highest BCUT2D eigenvalue weighted by Gasteiger charge is 2.29. The maximum atomic E-state index is 13.2. The van der Waals surface area contributed by atoms with Crippen molar-refractivity contribution < 1.29 is 23.9 Å². The Balaban J connectivity index is 1.62. The summed E-state index contributed by atoms with van der Waals surface area (Å²) in [5, 5.41) is 8.38. The van der Waals surface area contributed by atoms with E-state index in [2.05, 4.69) is 16.0 Å². The van der Waals surface area contributed by atoms with Gasteiger partial charge in [-0.2, -0.15) is 0 Å². The van der Waals surface area contributed by atoms with Crippen LogP contribution in [-0.2, 0) is 32.2 Å². The topological polar surface area (TPSA) is 132 Å². The number of carbonyl (C=O) groups excluding carboxylic acids is 3. The second-order valence-electron chi connectivity index (χ2n) is 11.8. The Morgan fingerprint density at radius 3 is 2.12 bits per heavy atom. The zero-order valence-electron chi connectivity index (χ0n) is 25.0. The third kappa shape index (κ3) is 10.9. The van der Waals surface area contributed by atoms with Crippen molar-refractivity contribution in [2.75, 3.05) is 12.3 Å². The standard InChI is InChI=1S/C33H42N4O5/c1-32(2,3)42-31(40)37-33(4,5)19-29(38)36-28(22-41-21-24-11-7-6-8-12-24)30(39)35-20-23-15-17-25(18-16-23)26-13-9-10-14-27(26)34/h6-18,28H,19-22,34H2,1-5H3,(H,35,39)(H,36,38)(H,37,40)/t28-/m1/s1. The Labute approximate surface area is 248 Å². The van der Waals surface area contributed by atoms with Gasteiger partial charge in [0.05, 0.1) is 13.2 Å². The van der Waals surface area contributed by atoms with Crippen LogP contribution in [0.1, 0.15) is 52.2 Å². The Bertz CT molecular complexity index is 1330. The monoisotopic (exact) mass is 574 g/mol. The smallest absolute Gasteiger partial charge is 0.408 e. The minimum atomic E-state index is -0.943. The Hall–Kier alpha value is -4.37. The van der Waals surface area contributed by atoms with Gasteiger partial charge in [0.25, 0.3) is 0 Å². The van der Waals surface area contributed by atoms with E-state index in [0.29, 0.717) is 5.69 Å². The first-order valence-electron chi connectivity index (χ1n) is 13.9. The van der Waals surface area contributed by atoms with E-state index in [0.717, 1.165) is 22.3 Å². The lowest BCUT2D eigenvalue weighted by Gasteiger charge is -2.29. The van der Waals surface area contributed by atoms with Crippen molar-refractivity contribution in [3.63, 3.8) is 0 Å². The number of amides is 3. The van der Waals surface area contributed by atoms with Crippen LogP contribution in [0.4, 0.5) is 10.5 Å². The van der Waals surface area contributed by atoms with Crippen LogP contribution in [0.2, 0.25) is 0 Å². The van der Waals surface area contributed by atoms with Gasteiger partial charge < -0.3 is 31.2 Å². The van der Waals surface area contributed by atoms with Gasteiger partial charge in [0.2, 0.25) is 11.8 Å². The first kappa shape index (κ1) is 32.1. The van der Waals surface area contributed by atoms with Gasteiger partial charge in [-0.25, -0.2) is 4.79 Å². The quantitative estimate of drug-likeness (QED) is 0.227. The number of anilines is 1. The third-order valence-electron chi connectivity index (χ3n) is 6.18. The van der Waals surface area contributed by atoms with Crippen molar-refractivity contribution in [3.05, 3.63) is 90.0 Å². The summed E-state index contributed by atoms with van der Waals surface area (Å²) >= 11 is 0. The van der Waals surface area contributed by atoms with E-state index in [1.807, 2.05) is 78.9 Å². The molecule has 42 heavy (non-hydrogen) atoms. The summed E-state index contributed by atoms with van der Waals surface area (Å²) in [5.74, 6) is -0.796. The summed E-state index contributed by atoms with van der Waals surface area (Å²) in [6.07, 6.45) is -0.694. The molecule has 0 bridgehead atoms. The molecule has 5 N–H and O–H groups in total. The largest absolute Gasteiger partial charge is 0.444 e. The average molecular weight is 575 g/mol. The number of hydrogen-bond acceptors (Lipinski definition) is 6. The maximum absolute atomic E-state index is 13.2. The van der Waals surface area contributed by atoms with Crippen LogP contribution in [0.25, 0.3) is 11.1 Å². The van der Waals surface area contributed by atoms with E-state index in [4.69, 9.17) is 15.2 Å². The van der Waals surface area contributed by atoms with Crippen LogP contribution in [0.5, 0.6) is 0 Å². The number of benzene rings is 3. The number of carbonyl (C=O) groups is 3. The lowest BCUT2D eigenvalue weighted by Crippen LogP contribution is -2.53. The molecule has 0 unspecified atom stereocenters. The third-order valence-corrected chi connectivity index (χ3v) is 6.18. The van der Waals surface area contributed by atoms with Crippen molar-refractivity contribution in [2.24, 2.45) is 0 Å². The molecule has 224 valence electrons. The Morgan fingerprint density at radius 2 is 1.48 bits per heavy atom. The molecule has 0 spiro atoms. The fraction of sp³-hybridized carbons (Fsp3) is 0.364. The van der Waals surface area contributed by atoms with Crippen molar-refractivity contribution in [1.29, 1.82) is 0 Å². The van der Waals surface area contributed by atoms with E-state index < -0.39 is 29.2 Å². The first-order chi connectivity index (χ1) is 19.8. The summed E-state index contributed by atoms with van der Waals surface area (Å²) in [4.78, 5) is 38.5. The molecule has 3 amide bonds. The molecule has 3 aromatic carbocycles. The summed E-state index contributed by atoms with van der Waals surface area (Å²) in [5.41, 5.74) is 8.96. The molecule has 9 nitrogen and oxygen atoms in total. The number of nitrogen functional groups attached to an aromatic ring is 1. The molecule has 0 saturated heterocycles. The highest BCUT2D eigenvalue weighted by molar-refractivity contribution is 5.88. The lowest BCUT2D eigenvalue weighted by atomic mass is 10.00. The number of para-hydroxylation sites is 1. The number of nitrogens with one attached hydrogen (secondary N) is 3. The fourth-order valence-corrected chi connectivity index (χ4v) is 4.20.